The minimum Gasteiger partial charge on any atom is -0.480 e. The zero-order chi connectivity index (χ0) is 23.7. The molecule has 0 saturated heterocycles. The third-order valence-corrected chi connectivity index (χ3v) is 7.27. The van der Waals surface area contributed by atoms with Crippen molar-refractivity contribution in [3.8, 4) is 11.1 Å². The Kier molecular flexibility index (Phi) is 6.26. The molecule has 2 fully saturated rings. The minimum absolute atomic E-state index is 0.00181. The van der Waals surface area contributed by atoms with Crippen molar-refractivity contribution in [3.63, 3.8) is 0 Å². The van der Waals surface area contributed by atoms with Crippen molar-refractivity contribution in [1.29, 1.82) is 0 Å². The molecular weight excluding hydrogens is 432 g/mol. The first-order valence-corrected chi connectivity index (χ1v) is 12.1. The number of amides is 2. The second-order valence-electron chi connectivity index (χ2n) is 9.62. The van der Waals surface area contributed by atoms with Gasteiger partial charge in [-0.05, 0) is 54.4 Å². The van der Waals surface area contributed by atoms with Crippen LogP contribution in [0.15, 0.2) is 48.5 Å². The van der Waals surface area contributed by atoms with Crippen LogP contribution in [-0.2, 0) is 14.3 Å². The van der Waals surface area contributed by atoms with Gasteiger partial charge in [0.2, 0.25) is 5.91 Å². The summed E-state index contributed by atoms with van der Waals surface area (Å²) in [5.41, 5.74) is 4.70. The van der Waals surface area contributed by atoms with Crippen LogP contribution >= 0.6 is 0 Å². The van der Waals surface area contributed by atoms with Gasteiger partial charge in [0.1, 0.15) is 13.2 Å². The summed E-state index contributed by atoms with van der Waals surface area (Å²) in [4.78, 5) is 38.4. The fourth-order valence-electron chi connectivity index (χ4n) is 5.51. The number of benzene rings is 2. The Morgan fingerprint density at radius 2 is 1.59 bits per heavy atom. The van der Waals surface area contributed by atoms with Crippen molar-refractivity contribution in [2.24, 2.45) is 5.92 Å². The Morgan fingerprint density at radius 3 is 2.21 bits per heavy atom. The van der Waals surface area contributed by atoms with Crippen LogP contribution in [0.5, 0.6) is 0 Å². The van der Waals surface area contributed by atoms with Crippen LogP contribution in [0, 0.1) is 5.92 Å². The zero-order valence-electron chi connectivity index (χ0n) is 19.1. The van der Waals surface area contributed by atoms with Crippen LogP contribution in [0.2, 0.25) is 0 Å². The molecule has 0 aliphatic heterocycles. The molecule has 7 nitrogen and oxygen atoms in total. The second-order valence-corrected chi connectivity index (χ2v) is 9.62. The van der Waals surface area contributed by atoms with Crippen molar-refractivity contribution in [3.05, 3.63) is 59.7 Å². The Balaban J connectivity index is 1.18. The maximum absolute atomic E-state index is 13.0. The minimum atomic E-state index is -0.982. The van der Waals surface area contributed by atoms with Gasteiger partial charge < -0.3 is 20.1 Å². The Morgan fingerprint density at radius 1 is 0.941 bits per heavy atom. The predicted molar refractivity (Wildman–Crippen MR) is 126 cm³/mol. The molecule has 7 heteroatoms. The topological polar surface area (TPSA) is 95.9 Å². The highest BCUT2D eigenvalue weighted by Gasteiger charge is 2.39. The zero-order valence-corrected chi connectivity index (χ0v) is 19.1. The number of carbonyl (C=O) groups excluding carboxylic acids is 2. The number of nitrogens with one attached hydrogen (secondary N) is 1. The lowest BCUT2D eigenvalue weighted by Gasteiger charge is -2.32. The fourth-order valence-corrected chi connectivity index (χ4v) is 5.51. The van der Waals surface area contributed by atoms with Gasteiger partial charge in [0.25, 0.3) is 0 Å². The van der Waals surface area contributed by atoms with E-state index in [4.69, 9.17) is 4.74 Å². The number of alkyl carbamates (subject to hydrolysis) is 1. The Hall–Kier alpha value is -3.35. The average molecular weight is 463 g/mol. The molecule has 2 aromatic rings. The lowest BCUT2D eigenvalue weighted by Crippen LogP contribution is -2.46. The number of carbonyl (C=O) groups is 3. The lowest BCUT2D eigenvalue weighted by atomic mass is 9.84. The summed E-state index contributed by atoms with van der Waals surface area (Å²) in [7, 11) is 0. The molecule has 0 unspecified atom stereocenters. The summed E-state index contributed by atoms with van der Waals surface area (Å²) in [5.74, 6) is -1.33. The van der Waals surface area contributed by atoms with Gasteiger partial charge in [-0.3, -0.25) is 9.59 Å². The highest BCUT2D eigenvalue weighted by molar-refractivity contribution is 5.84. The highest BCUT2D eigenvalue weighted by Crippen LogP contribution is 2.44. The molecule has 2 aromatic carbocycles. The predicted octanol–water partition coefficient (Wildman–Crippen LogP) is 4.16. The highest BCUT2D eigenvalue weighted by atomic mass is 16.5. The molecule has 2 saturated carbocycles. The van der Waals surface area contributed by atoms with Crippen molar-refractivity contribution >= 4 is 18.0 Å². The fraction of sp³-hybridized carbons (Fsp3) is 0.444. The molecule has 3 aliphatic rings. The van der Waals surface area contributed by atoms with Gasteiger partial charge in [0, 0.05) is 23.9 Å². The summed E-state index contributed by atoms with van der Waals surface area (Å²) in [6.45, 7) is 0.00742. The first-order chi connectivity index (χ1) is 16.5. The van der Waals surface area contributed by atoms with Gasteiger partial charge in [0.15, 0.2) is 0 Å². The van der Waals surface area contributed by atoms with E-state index in [1.807, 2.05) is 24.3 Å². The monoisotopic (exact) mass is 462 g/mol. The van der Waals surface area contributed by atoms with E-state index in [-0.39, 0.29) is 43.0 Å². The van der Waals surface area contributed by atoms with Gasteiger partial charge in [0.05, 0.1) is 0 Å². The number of nitrogens with zero attached hydrogens (tertiary/aromatic N) is 1. The van der Waals surface area contributed by atoms with Gasteiger partial charge in [-0.1, -0.05) is 55.0 Å². The number of hydrogen-bond acceptors (Lipinski definition) is 4. The SMILES string of the molecule is O=C(O)CN(C(=O)[C@@H]1CCC[C@@H](NC(=O)OCC2c3ccccc3-c3ccccc32)C1)C1CC1. The summed E-state index contributed by atoms with van der Waals surface area (Å²) < 4.78 is 5.66. The maximum Gasteiger partial charge on any atom is 0.407 e. The van der Waals surface area contributed by atoms with Gasteiger partial charge in [-0.15, -0.1) is 0 Å². The summed E-state index contributed by atoms with van der Waals surface area (Å²) in [6, 6.07) is 16.3. The van der Waals surface area contributed by atoms with E-state index in [9.17, 15) is 19.5 Å². The summed E-state index contributed by atoms with van der Waals surface area (Å²) in [6.07, 6.45) is 4.12. The quantitative estimate of drug-likeness (QED) is 0.644. The first kappa shape index (κ1) is 22.4. The molecule has 0 aromatic heterocycles. The van der Waals surface area contributed by atoms with Crippen LogP contribution < -0.4 is 5.32 Å². The van der Waals surface area contributed by atoms with E-state index in [1.54, 1.807) is 0 Å². The molecule has 0 spiro atoms. The number of fused-ring (bicyclic) bond motifs is 3. The Bertz CT molecular complexity index is 1050. The molecule has 2 atom stereocenters. The van der Waals surface area contributed by atoms with E-state index in [1.165, 1.54) is 27.2 Å². The van der Waals surface area contributed by atoms with E-state index in [0.29, 0.717) is 6.42 Å². The molecule has 0 bridgehead atoms. The van der Waals surface area contributed by atoms with Gasteiger partial charge in [-0.25, -0.2) is 4.79 Å². The summed E-state index contributed by atoms with van der Waals surface area (Å²) in [5, 5.41) is 12.1. The normalized spacial score (nSPS) is 21.3. The van der Waals surface area contributed by atoms with Crippen LogP contribution in [0.4, 0.5) is 4.79 Å². The number of carboxylic acids is 1. The van der Waals surface area contributed by atoms with Crippen molar-refractivity contribution in [2.45, 2.75) is 56.5 Å². The van der Waals surface area contributed by atoms with E-state index < -0.39 is 12.1 Å². The van der Waals surface area contributed by atoms with E-state index in [2.05, 4.69) is 29.6 Å². The lowest BCUT2D eigenvalue weighted by molar-refractivity contribution is -0.147. The van der Waals surface area contributed by atoms with Gasteiger partial charge >= 0.3 is 12.1 Å². The third-order valence-electron chi connectivity index (χ3n) is 7.27. The number of ether oxygens (including phenoxy) is 1. The first-order valence-electron chi connectivity index (χ1n) is 12.1. The summed E-state index contributed by atoms with van der Waals surface area (Å²) >= 11 is 0. The molecule has 0 radical (unpaired) electrons. The number of aliphatic carboxylic acids is 1. The van der Waals surface area contributed by atoms with Crippen LogP contribution in [0.1, 0.15) is 55.6 Å². The Labute approximate surface area is 199 Å². The van der Waals surface area contributed by atoms with Crippen LogP contribution in [0.3, 0.4) is 0 Å². The standard InChI is InChI=1S/C27H30N2O5/c30-25(31)15-29(19-12-13-19)26(32)17-6-5-7-18(14-17)28-27(33)34-16-24-22-10-3-1-8-20(22)21-9-2-4-11-23(21)24/h1-4,8-11,17-19,24H,5-7,12-16H2,(H,28,33)(H,30,31)/t17-,18-/m1/s1. The molecule has 2 N–H and O–H groups in total. The molecule has 0 heterocycles. The third kappa shape index (κ3) is 4.65. The van der Waals surface area contributed by atoms with Crippen LogP contribution in [-0.4, -0.2) is 53.2 Å². The van der Waals surface area contributed by atoms with Crippen molar-refractivity contribution in [1.82, 2.24) is 10.2 Å². The average Bonchev–Trinajstić information content (AvgIpc) is 3.63. The maximum atomic E-state index is 13.0. The second kappa shape index (κ2) is 9.49. The number of hydrogen-bond donors (Lipinski definition) is 2. The largest absolute Gasteiger partial charge is 0.480 e. The molecule has 178 valence electrons. The molecule has 2 amide bonds. The number of carboxylic acid groups (broad SMARTS) is 1. The van der Waals surface area contributed by atoms with E-state index in [0.717, 1.165) is 32.1 Å². The molecule has 34 heavy (non-hydrogen) atoms. The molecular formula is C27H30N2O5. The van der Waals surface area contributed by atoms with Gasteiger partial charge in [-0.2, -0.15) is 0 Å². The molecule has 3 aliphatic carbocycles. The van der Waals surface area contributed by atoms with E-state index >= 15 is 0 Å². The van der Waals surface area contributed by atoms with Crippen molar-refractivity contribution in [2.75, 3.05) is 13.2 Å². The number of rotatable bonds is 7. The van der Waals surface area contributed by atoms with Crippen molar-refractivity contribution < 1.29 is 24.2 Å². The molecule has 5 rings (SSSR count). The van der Waals surface area contributed by atoms with Crippen LogP contribution in [0.25, 0.3) is 11.1 Å². The smallest absolute Gasteiger partial charge is 0.407 e.